The van der Waals surface area contributed by atoms with Gasteiger partial charge < -0.3 is 14.4 Å². The van der Waals surface area contributed by atoms with E-state index < -0.39 is 0 Å². The molecule has 0 aliphatic carbocycles. The third-order valence-electron chi connectivity index (χ3n) is 5.74. The second-order valence-corrected chi connectivity index (χ2v) is 8.66. The predicted molar refractivity (Wildman–Crippen MR) is 137 cm³/mol. The highest BCUT2D eigenvalue weighted by Crippen LogP contribution is 2.35. The number of aromatic nitrogens is 3. The fourth-order valence-electron chi connectivity index (χ4n) is 4.01. The van der Waals surface area contributed by atoms with Crippen LogP contribution in [0.4, 0.5) is 16.5 Å². The highest BCUT2D eigenvalue weighted by molar-refractivity contribution is 7.14. The first-order valence-electron chi connectivity index (χ1n) is 11.3. The van der Waals surface area contributed by atoms with Crippen LogP contribution < -0.4 is 9.80 Å². The van der Waals surface area contributed by atoms with Gasteiger partial charge in [-0.15, -0.1) is 11.3 Å². The first-order valence-corrected chi connectivity index (χ1v) is 12.2. The normalized spacial score (nSPS) is 11.0. The highest BCUT2D eigenvalue weighted by Gasteiger charge is 2.16. The first-order chi connectivity index (χ1) is 15.6. The van der Waals surface area contributed by atoms with Crippen molar-refractivity contribution in [2.75, 3.05) is 29.4 Å². The lowest BCUT2D eigenvalue weighted by molar-refractivity contribution is 0.861. The molecule has 0 N–H and O–H groups in total. The summed E-state index contributed by atoms with van der Waals surface area (Å²) < 4.78 is 2.00. The molecule has 0 bridgehead atoms. The predicted octanol–water partition coefficient (Wildman–Crippen LogP) is 6.70. The summed E-state index contributed by atoms with van der Waals surface area (Å²) in [4.78, 5) is 13.9. The number of benzene rings is 2. The van der Waals surface area contributed by atoms with Gasteiger partial charge in [-0.1, -0.05) is 19.1 Å². The number of thiazole rings is 1. The van der Waals surface area contributed by atoms with Crippen molar-refractivity contribution in [2.24, 2.45) is 0 Å². The molecule has 166 valence electrons. The molecule has 2 aromatic heterocycles. The van der Waals surface area contributed by atoms with E-state index in [4.69, 9.17) is 4.98 Å². The van der Waals surface area contributed by atoms with E-state index in [0.29, 0.717) is 0 Å². The Morgan fingerprint density at radius 2 is 1.78 bits per heavy atom. The maximum absolute atomic E-state index is 5.01. The molecule has 0 unspecified atom stereocenters. The number of anilines is 3. The number of aryl methyl sites for hydroxylation is 1. The Kier molecular flexibility index (Phi) is 6.90. The van der Waals surface area contributed by atoms with Gasteiger partial charge in [-0.2, -0.15) is 0 Å². The summed E-state index contributed by atoms with van der Waals surface area (Å²) >= 11 is 1.71. The van der Waals surface area contributed by atoms with Crippen LogP contribution in [0.1, 0.15) is 32.8 Å². The Hall–Kier alpha value is -3.12. The maximum atomic E-state index is 5.01. The van der Waals surface area contributed by atoms with Gasteiger partial charge in [0, 0.05) is 60.0 Å². The summed E-state index contributed by atoms with van der Waals surface area (Å²) in [6.45, 7) is 11.8. The molecule has 4 aromatic rings. The molecule has 6 heteroatoms. The van der Waals surface area contributed by atoms with E-state index in [1.54, 1.807) is 17.5 Å². The molecule has 0 saturated carbocycles. The van der Waals surface area contributed by atoms with Gasteiger partial charge in [0.15, 0.2) is 5.13 Å². The van der Waals surface area contributed by atoms with Gasteiger partial charge >= 0.3 is 0 Å². The Morgan fingerprint density at radius 1 is 1.00 bits per heavy atom. The lowest BCUT2D eigenvalue weighted by Crippen LogP contribution is -2.23. The molecule has 0 amide bonds. The molecular weight excluding hydrogens is 414 g/mol. The average molecular weight is 446 g/mol. The minimum atomic E-state index is 0.942. The van der Waals surface area contributed by atoms with Crippen molar-refractivity contribution in [3.05, 3.63) is 72.1 Å². The molecule has 0 atom stereocenters. The van der Waals surface area contributed by atoms with Crippen molar-refractivity contribution in [3.8, 4) is 16.9 Å². The monoisotopic (exact) mass is 445 g/mol. The molecule has 0 fully saturated rings. The van der Waals surface area contributed by atoms with Crippen LogP contribution in [0.5, 0.6) is 0 Å². The van der Waals surface area contributed by atoms with Crippen molar-refractivity contribution in [1.82, 2.24) is 14.5 Å². The third-order valence-corrected chi connectivity index (χ3v) is 6.60. The van der Waals surface area contributed by atoms with Crippen LogP contribution in [0.3, 0.4) is 0 Å². The Bertz CT molecular complexity index is 1130. The number of imidazole rings is 1. The fourth-order valence-corrected chi connectivity index (χ4v) is 4.88. The molecule has 2 heterocycles. The number of nitrogens with zero attached hydrogens (tertiary/aromatic N) is 5. The summed E-state index contributed by atoms with van der Waals surface area (Å²) in [6.07, 6.45) is 6.62. The van der Waals surface area contributed by atoms with E-state index in [1.165, 1.54) is 16.9 Å². The fraction of sp³-hybridized carbons (Fsp3) is 0.308. The lowest BCUT2D eigenvalue weighted by atomic mass is 10.1. The van der Waals surface area contributed by atoms with E-state index in [1.807, 2.05) is 17.1 Å². The zero-order valence-electron chi connectivity index (χ0n) is 19.3. The van der Waals surface area contributed by atoms with Crippen LogP contribution >= 0.6 is 11.3 Å². The van der Waals surface area contributed by atoms with Gasteiger partial charge in [0.2, 0.25) is 0 Å². The van der Waals surface area contributed by atoms with Gasteiger partial charge in [0.1, 0.15) is 0 Å². The molecule has 32 heavy (non-hydrogen) atoms. The lowest BCUT2D eigenvalue weighted by Gasteiger charge is -2.26. The van der Waals surface area contributed by atoms with E-state index in [0.717, 1.165) is 48.1 Å². The molecule has 4 rings (SSSR count). The molecule has 2 aromatic carbocycles. The van der Waals surface area contributed by atoms with Crippen LogP contribution in [-0.2, 0) is 0 Å². The molecular formula is C26H31N5S. The minimum Gasteiger partial charge on any atom is -0.372 e. The van der Waals surface area contributed by atoms with Gasteiger partial charge in [-0.3, -0.25) is 0 Å². The first kappa shape index (κ1) is 22.1. The quantitative estimate of drug-likeness (QED) is 0.287. The summed E-state index contributed by atoms with van der Waals surface area (Å²) in [5.41, 5.74) is 7.04. The van der Waals surface area contributed by atoms with E-state index in [-0.39, 0.29) is 0 Å². The van der Waals surface area contributed by atoms with Crippen molar-refractivity contribution in [2.45, 2.75) is 34.1 Å². The Labute approximate surface area is 195 Å². The topological polar surface area (TPSA) is 37.2 Å². The Balaban J connectivity index is 1.60. The summed E-state index contributed by atoms with van der Waals surface area (Å²) in [5.74, 6) is 0. The standard InChI is InChI=1S/C26H31N5S/c1-5-15-31(25-13-12-23(17-20(25)4)29(6-2)7-3)26-28-24(18-32-26)21-8-10-22(11-9-21)30-16-14-27-19-30/h8-14,16-19H,5-7,15H2,1-4H3. The molecule has 0 radical (unpaired) electrons. The van der Waals surface area contributed by atoms with Gasteiger partial charge in [0.05, 0.1) is 12.0 Å². The smallest absolute Gasteiger partial charge is 0.190 e. The van der Waals surface area contributed by atoms with E-state index in [9.17, 15) is 0 Å². The van der Waals surface area contributed by atoms with Crippen molar-refractivity contribution in [3.63, 3.8) is 0 Å². The van der Waals surface area contributed by atoms with E-state index >= 15 is 0 Å². The summed E-state index contributed by atoms with van der Waals surface area (Å²) in [5, 5.41) is 3.20. The van der Waals surface area contributed by atoms with Gasteiger partial charge in [-0.25, -0.2) is 9.97 Å². The highest BCUT2D eigenvalue weighted by atomic mass is 32.1. The average Bonchev–Trinajstić information content (AvgIpc) is 3.52. The van der Waals surface area contributed by atoms with Crippen LogP contribution in [0, 0.1) is 6.92 Å². The van der Waals surface area contributed by atoms with Crippen LogP contribution in [0.2, 0.25) is 0 Å². The minimum absolute atomic E-state index is 0.942. The maximum Gasteiger partial charge on any atom is 0.190 e. The van der Waals surface area contributed by atoms with Crippen molar-refractivity contribution in [1.29, 1.82) is 0 Å². The number of hydrogen-bond donors (Lipinski definition) is 0. The molecule has 0 aliphatic rings. The second kappa shape index (κ2) is 10.0. The van der Waals surface area contributed by atoms with Gasteiger partial charge in [-0.05, 0) is 63.1 Å². The summed E-state index contributed by atoms with van der Waals surface area (Å²) in [6, 6.07) is 15.3. The van der Waals surface area contributed by atoms with Crippen LogP contribution in [0.25, 0.3) is 16.9 Å². The van der Waals surface area contributed by atoms with Crippen molar-refractivity contribution >= 4 is 27.8 Å². The zero-order valence-corrected chi connectivity index (χ0v) is 20.1. The summed E-state index contributed by atoms with van der Waals surface area (Å²) in [7, 11) is 0. The van der Waals surface area contributed by atoms with Crippen LogP contribution in [0.15, 0.2) is 66.6 Å². The Morgan fingerprint density at radius 3 is 2.41 bits per heavy atom. The third kappa shape index (κ3) is 4.55. The number of hydrogen-bond acceptors (Lipinski definition) is 5. The van der Waals surface area contributed by atoms with Gasteiger partial charge in [0.25, 0.3) is 0 Å². The second-order valence-electron chi connectivity index (χ2n) is 7.83. The number of rotatable bonds is 9. The zero-order chi connectivity index (χ0) is 22.5. The van der Waals surface area contributed by atoms with E-state index in [2.05, 4.69) is 90.3 Å². The molecule has 0 spiro atoms. The molecule has 5 nitrogen and oxygen atoms in total. The van der Waals surface area contributed by atoms with Crippen molar-refractivity contribution < 1.29 is 0 Å². The molecule has 0 saturated heterocycles. The molecule has 0 aliphatic heterocycles. The SMILES string of the molecule is CCCN(c1nc(-c2ccc(-n3ccnc3)cc2)cs1)c1ccc(N(CC)CC)cc1C. The largest absolute Gasteiger partial charge is 0.372 e. The van der Waals surface area contributed by atoms with Crippen LogP contribution in [-0.4, -0.2) is 34.2 Å².